The molecule has 0 aliphatic rings. The van der Waals surface area contributed by atoms with E-state index in [1.165, 1.54) is 17.1 Å². The number of aliphatic hydroxyl groups is 1. The Kier molecular flexibility index (Phi) is 4.02. The first kappa shape index (κ1) is 12.7. The predicted octanol–water partition coefficient (Wildman–Crippen LogP) is -1.60. The van der Waals surface area contributed by atoms with Crippen molar-refractivity contribution in [1.82, 2.24) is 15.1 Å². The number of aliphatic hydroxyl groups excluding tert-OH is 1. The van der Waals surface area contributed by atoms with E-state index >= 15 is 0 Å². The van der Waals surface area contributed by atoms with Crippen molar-refractivity contribution in [3.8, 4) is 0 Å². The lowest BCUT2D eigenvalue weighted by Crippen LogP contribution is -2.30. The van der Waals surface area contributed by atoms with Crippen molar-refractivity contribution >= 4 is 15.7 Å². The molecule has 1 heterocycles. The monoisotopic (exact) mass is 247 g/mol. The molecule has 0 bridgehead atoms. The molecule has 0 saturated heterocycles. The zero-order valence-corrected chi connectivity index (χ0v) is 9.57. The normalized spacial score (nSPS) is 11.4. The van der Waals surface area contributed by atoms with Crippen LogP contribution in [0.4, 0.5) is 0 Å². The van der Waals surface area contributed by atoms with Crippen molar-refractivity contribution in [3.05, 3.63) is 12.4 Å². The van der Waals surface area contributed by atoms with E-state index in [9.17, 15) is 13.2 Å². The van der Waals surface area contributed by atoms with Gasteiger partial charge in [0.15, 0.2) is 9.84 Å². The van der Waals surface area contributed by atoms with Gasteiger partial charge in [-0.25, -0.2) is 8.42 Å². The number of hydrogen-bond acceptors (Lipinski definition) is 5. The zero-order valence-electron chi connectivity index (χ0n) is 8.75. The van der Waals surface area contributed by atoms with Gasteiger partial charge in [0, 0.05) is 19.0 Å². The Bertz CT molecular complexity index is 465. The molecule has 1 aromatic rings. The first-order chi connectivity index (χ1) is 7.43. The van der Waals surface area contributed by atoms with Crippen molar-refractivity contribution in [2.75, 3.05) is 19.4 Å². The maximum absolute atomic E-state index is 11.2. The third-order valence-electron chi connectivity index (χ3n) is 1.78. The highest BCUT2D eigenvalue weighted by molar-refractivity contribution is 7.90. The highest BCUT2D eigenvalue weighted by Gasteiger charge is 2.11. The van der Waals surface area contributed by atoms with Gasteiger partial charge < -0.3 is 10.4 Å². The van der Waals surface area contributed by atoms with Crippen LogP contribution in [0.3, 0.4) is 0 Å². The van der Waals surface area contributed by atoms with Crippen molar-refractivity contribution < 1.29 is 18.3 Å². The highest BCUT2D eigenvalue weighted by Crippen LogP contribution is 2.05. The van der Waals surface area contributed by atoms with Crippen molar-refractivity contribution in [1.29, 1.82) is 0 Å². The van der Waals surface area contributed by atoms with E-state index in [0.29, 0.717) is 0 Å². The third kappa shape index (κ3) is 3.63. The molecule has 90 valence electrons. The first-order valence-corrected chi connectivity index (χ1v) is 6.42. The fraction of sp³-hybridized carbons (Fsp3) is 0.500. The molecule has 0 spiro atoms. The summed E-state index contributed by atoms with van der Waals surface area (Å²) < 4.78 is 23.5. The van der Waals surface area contributed by atoms with Gasteiger partial charge in [-0.3, -0.25) is 9.48 Å². The Balaban J connectivity index is 2.63. The summed E-state index contributed by atoms with van der Waals surface area (Å²) in [5, 5.41) is 14.7. The Morgan fingerprint density at radius 2 is 2.31 bits per heavy atom. The minimum atomic E-state index is -3.29. The molecule has 1 amide bonds. The van der Waals surface area contributed by atoms with E-state index in [-0.39, 0.29) is 30.5 Å². The van der Waals surface area contributed by atoms with Gasteiger partial charge in [0.25, 0.3) is 0 Å². The maximum Gasteiger partial charge on any atom is 0.241 e. The Morgan fingerprint density at radius 1 is 1.62 bits per heavy atom. The van der Waals surface area contributed by atoms with Gasteiger partial charge in [0.2, 0.25) is 5.91 Å². The van der Waals surface area contributed by atoms with Crippen LogP contribution < -0.4 is 5.32 Å². The first-order valence-electron chi connectivity index (χ1n) is 4.53. The molecule has 1 rings (SSSR count). The van der Waals surface area contributed by atoms with E-state index in [1.807, 2.05) is 0 Å². The standard InChI is InChI=1S/C8H13N3O4S/c1-16(14,15)7-4-10-11(5-7)6-8(13)9-2-3-12/h4-5,12H,2-3,6H2,1H3,(H,9,13). The smallest absolute Gasteiger partial charge is 0.241 e. The second kappa shape index (κ2) is 5.08. The average molecular weight is 247 g/mol. The van der Waals surface area contributed by atoms with E-state index in [0.717, 1.165) is 6.26 Å². The van der Waals surface area contributed by atoms with Gasteiger partial charge >= 0.3 is 0 Å². The van der Waals surface area contributed by atoms with Crippen LogP contribution in [0, 0.1) is 0 Å². The lowest BCUT2D eigenvalue weighted by atomic mass is 10.5. The largest absolute Gasteiger partial charge is 0.395 e. The van der Waals surface area contributed by atoms with Crippen LogP contribution in [-0.2, 0) is 21.2 Å². The average Bonchev–Trinajstić information content (AvgIpc) is 2.62. The summed E-state index contributed by atoms with van der Waals surface area (Å²) in [5.74, 6) is -0.336. The van der Waals surface area contributed by atoms with Crippen molar-refractivity contribution in [2.24, 2.45) is 0 Å². The van der Waals surface area contributed by atoms with Crippen LogP contribution in [0.1, 0.15) is 0 Å². The summed E-state index contributed by atoms with van der Waals surface area (Å²) in [6.07, 6.45) is 3.54. The number of rotatable bonds is 5. The molecule has 2 N–H and O–H groups in total. The molecule has 8 heteroatoms. The van der Waals surface area contributed by atoms with E-state index < -0.39 is 9.84 Å². The Labute approximate surface area is 93.0 Å². The second-order valence-electron chi connectivity index (χ2n) is 3.22. The van der Waals surface area contributed by atoms with Crippen LogP contribution in [0.25, 0.3) is 0 Å². The topological polar surface area (TPSA) is 101 Å². The lowest BCUT2D eigenvalue weighted by Gasteiger charge is -2.02. The number of carbonyl (C=O) groups is 1. The van der Waals surface area contributed by atoms with Crippen molar-refractivity contribution in [3.63, 3.8) is 0 Å². The summed E-state index contributed by atoms with van der Waals surface area (Å²) in [5.41, 5.74) is 0. The van der Waals surface area contributed by atoms with Crippen molar-refractivity contribution in [2.45, 2.75) is 11.4 Å². The predicted molar refractivity (Wildman–Crippen MR) is 55.4 cm³/mol. The van der Waals surface area contributed by atoms with Crippen LogP contribution in [0.2, 0.25) is 0 Å². The number of sulfone groups is 1. The Morgan fingerprint density at radius 3 is 2.81 bits per heavy atom. The fourth-order valence-corrected chi connectivity index (χ4v) is 1.57. The molecule has 0 radical (unpaired) electrons. The minimum absolute atomic E-state index is 0.0717. The highest BCUT2D eigenvalue weighted by atomic mass is 32.2. The molecule has 1 aromatic heterocycles. The van der Waals surface area contributed by atoms with Crippen LogP contribution in [0.5, 0.6) is 0 Å². The van der Waals surface area contributed by atoms with Gasteiger partial charge in [0.05, 0.1) is 12.8 Å². The summed E-state index contributed by atoms with van der Waals surface area (Å²) in [6, 6.07) is 0. The number of amides is 1. The van der Waals surface area contributed by atoms with Gasteiger partial charge in [-0.15, -0.1) is 0 Å². The number of hydrogen-bond donors (Lipinski definition) is 2. The Hall–Kier alpha value is -1.41. The van der Waals surface area contributed by atoms with Gasteiger partial charge in [-0.2, -0.15) is 5.10 Å². The quantitative estimate of drug-likeness (QED) is 0.652. The second-order valence-corrected chi connectivity index (χ2v) is 5.24. The molecule has 0 unspecified atom stereocenters. The summed E-state index contributed by atoms with van der Waals surface area (Å²) in [6.45, 7) is -0.0476. The zero-order chi connectivity index (χ0) is 12.2. The lowest BCUT2D eigenvalue weighted by molar-refractivity contribution is -0.122. The number of carbonyl (C=O) groups excluding carboxylic acids is 1. The van der Waals surface area contributed by atoms with Crippen LogP contribution in [0.15, 0.2) is 17.3 Å². The third-order valence-corrected chi connectivity index (χ3v) is 2.84. The molecule has 7 nitrogen and oxygen atoms in total. The summed E-state index contributed by atoms with van der Waals surface area (Å²) >= 11 is 0. The molecule has 0 aliphatic carbocycles. The summed E-state index contributed by atoms with van der Waals surface area (Å²) in [4.78, 5) is 11.3. The molecular weight excluding hydrogens is 234 g/mol. The van der Waals surface area contributed by atoms with Gasteiger partial charge in [0.1, 0.15) is 11.4 Å². The van der Waals surface area contributed by atoms with Gasteiger partial charge in [-0.05, 0) is 0 Å². The number of aromatic nitrogens is 2. The van der Waals surface area contributed by atoms with E-state index in [1.54, 1.807) is 0 Å². The molecular formula is C8H13N3O4S. The SMILES string of the molecule is CS(=O)(=O)c1cnn(CC(=O)NCCO)c1. The summed E-state index contributed by atoms with van der Waals surface area (Å²) in [7, 11) is -3.29. The van der Waals surface area contributed by atoms with Crippen LogP contribution in [-0.4, -0.2) is 48.6 Å². The van der Waals surface area contributed by atoms with Gasteiger partial charge in [-0.1, -0.05) is 0 Å². The molecule has 16 heavy (non-hydrogen) atoms. The van der Waals surface area contributed by atoms with Crippen LogP contribution >= 0.6 is 0 Å². The molecule has 0 aromatic carbocycles. The molecule has 0 aliphatic heterocycles. The van der Waals surface area contributed by atoms with E-state index in [2.05, 4.69) is 10.4 Å². The number of nitrogens with one attached hydrogen (secondary N) is 1. The molecule has 0 fully saturated rings. The fourth-order valence-electron chi connectivity index (χ4n) is 1.02. The maximum atomic E-state index is 11.2. The molecule has 0 atom stereocenters. The van der Waals surface area contributed by atoms with E-state index in [4.69, 9.17) is 5.11 Å². The molecule has 0 saturated carbocycles. The number of nitrogens with zero attached hydrogens (tertiary/aromatic N) is 2. The minimum Gasteiger partial charge on any atom is -0.395 e.